The smallest absolute Gasteiger partial charge is 0.387 e. The Bertz CT molecular complexity index is 859. The molecule has 30 heavy (non-hydrogen) atoms. The average Bonchev–Trinajstić information content (AvgIpc) is 2.77. The average molecular weight is 419 g/mol. The number of aryl methyl sites for hydroxylation is 1. The molecule has 1 aliphatic rings. The molecule has 1 fully saturated rings. The Morgan fingerprint density at radius 1 is 1.07 bits per heavy atom. The van der Waals surface area contributed by atoms with E-state index in [1.54, 1.807) is 37.3 Å². The van der Waals surface area contributed by atoms with E-state index in [2.05, 4.69) is 4.74 Å². The van der Waals surface area contributed by atoms with E-state index < -0.39 is 6.61 Å². The zero-order valence-electron chi connectivity index (χ0n) is 17.3. The summed E-state index contributed by atoms with van der Waals surface area (Å²) in [6.45, 7) is -2.36. The normalized spacial score (nSPS) is 16.4. The lowest BCUT2D eigenvalue weighted by molar-refractivity contribution is -0.0503. The number of hydrogen-bond acceptors (Lipinski definition) is 4. The van der Waals surface area contributed by atoms with Gasteiger partial charge in [-0.3, -0.25) is 4.79 Å². The monoisotopic (exact) mass is 419 g/mol. The minimum Gasteiger partial charge on any atom is -0.493 e. The lowest BCUT2D eigenvalue weighted by atomic mass is 9.94. The van der Waals surface area contributed by atoms with Gasteiger partial charge in [0.15, 0.2) is 11.5 Å². The molecule has 1 saturated heterocycles. The summed E-state index contributed by atoms with van der Waals surface area (Å²) >= 11 is 0. The zero-order chi connectivity index (χ0) is 21.5. The van der Waals surface area contributed by atoms with Gasteiger partial charge in [0.1, 0.15) is 5.75 Å². The van der Waals surface area contributed by atoms with Gasteiger partial charge in [-0.15, -0.1) is 0 Å². The Balaban J connectivity index is 1.73. The summed E-state index contributed by atoms with van der Waals surface area (Å²) in [5.41, 5.74) is 1.27. The molecule has 3 rings (SSSR count). The van der Waals surface area contributed by atoms with Crippen LogP contribution in [0.5, 0.6) is 17.2 Å². The molecule has 1 atom stereocenters. The number of benzene rings is 2. The molecule has 1 heterocycles. The molecule has 0 N–H and O–H groups in total. The van der Waals surface area contributed by atoms with Crippen LogP contribution in [0.2, 0.25) is 0 Å². The molecule has 7 heteroatoms. The van der Waals surface area contributed by atoms with Gasteiger partial charge in [0.25, 0.3) is 5.91 Å². The number of para-hydroxylation sites is 1. The van der Waals surface area contributed by atoms with Crippen LogP contribution in [0.15, 0.2) is 42.5 Å². The molecular weight excluding hydrogens is 392 g/mol. The van der Waals surface area contributed by atoms with E-state index in [0.29, 0.717) is 18.0 Å². The third-order valence-corrected chi connectivity index (χ3v) is 5.44. The first kappa shape index (κ1) is 21.9. The van der Waals surface area contributed by atoms with Crippen LogP contribution in [0.1, 0.15) is 41.6 Å². The lowest BCUT2D eigenvalue weighted by Gasteiger charge is -2.36. The molecular formula is C23H27F2NO4. The highest BCUT2D eigenvalue weighted by Crippen LogP contribution is 2.30. The van der Waals surface area contributed by atoms with Crippen LogP contribution in [0.4, 0.5) is 8.78 Å². The third-order valence-electron chi connectivity index (χ3n) is 5.44. The highest BCUT2D eigenvalue weighted by atomic mass is 19.3. The predicted molar refractivity (Wildman–Crippen MR) is 110 cm³/mol. The predicted octanol–water partition coefficient (Wildman–Crippen LogP) is 4.93. The Kier molecular flexibility index (Phi) is 7.49. The first-order chi connectivity index (χ1) is 14.5. The lowest BCUT2D eigenvalue weighted by Crippen LogP contribution is -2.44. The molecule has 2 aromatic carbocycles. The van der Waals surface area contributed by atoms with Gasteiger partial charge in [-0.25, -0.2) is 0 Å². The molecule has 0 radical (unpaired) electrons. The van der Waals surface area contributed by atoms with Crippen molar-refractivity contribution in [3.05, 3.63) is 53.6 Å². The van der Waals surface area contributed by atoms with Crippen molar-refractivity contribution in [2.45, 2.75) is 44.8 Å². The highest BCUT2D eigenvalue weighted by Gasteiger charge is 2.29. The summed E-state index contributed by atoms with van der Waals surface area (Å²) in [5, 5.41) is 0. The Hall–Kier alpha value is -2.83. The molecule has 0 saturated carbocycles. The SMILES string of the molecule is COc1ccc(CCC2CCCCN2C(=O)c2ccccc2OC(F)F)cc1OC. The largest absolute Gasteiger partial charge is 0.493 e. The fraction of sp³-hybridized carbons (Fsp3) is 0.435. The number of rotatable bonds is 8. The molecule has 0 bridgehead atoms. The second-order valence-electron chi connectivity index (χ2n) is 7.25. The molecule has 162 valence electrons. The number of methoxy groups -OCH3 is 2. The minimum absolute atomic E-state index is 0.0407. The minimum atomic E-state index is -2.97. The van der Waals surface area contributed by atoms with E-state index in [4.69, 9.17) is 9.47 Å². The van der Waals surface area contributed by atoms with Crippen molar-refractivity contribution >= 4 is 5.91 Å². The maximum atomic E-state index is 13.2. The molecule has 0 spiro atoms. The van der Waals surface area contributed by atoms with Crippen LogP contribution in [-0.2, 0) is 6.42 Å². The van der Waals surface area contributed by atoms with Crippen molar-refractivity contribution in [2.24, 2.45) is 0 Å². The second-order valence-corrected chi connectivity index (χ2v) is 7.25. The summed E-state index contributed by atoms with van der Waals surface area (Å²) in [5.74, 6) is 1.00. The summed E-state index contributed by atoms with van der Waals surface area (Å²) in [7, 11) is 3.20. The van der Waals surface area contributed by atoms with E-state index in [1.807, 2.05) is 18.2 Å². The first-order valence-electron chi connectivity index (χ1n) is 10.1. The van der Waals surface area contributed by atoms with Crippen molar-refractivity contribution in [1.82, 2.24) is 4.90 Å². The number of likely N-dealkylation sites (tertiary alicyclic amines) is 1. The molecule has 0 aromatic heterocycles. The van der Waals surface area contributed by atoms with Crippen LogP contribution in [0, 0.1) is 0 Å². The van der Waals surface area contributed by atoms with Crippen LogP contribution in [0.3, 0.4) is 0 Å². The van der Waals surface area contributed by atoms with Crippen LogP contribution in [0.25, 0.3) is 0 Å². The Morgan fingerprint density at radius 3 is 2.57 bits per heavy atom. The zero-order valence-corrected chi connectivity index (χ0v) is 17.3. The topological polar surface area (TPSA) is 48.0 Å². The van der Waals surface area contributed by atoms with Gasteiger partial charge >= 0.3 is 6.61 Å². The number of nitrogens with zero attached hydrogens (tertiary/aromatic N) is 1. The summed E-state index contributed by atoms with van der Waals surface area (Å²) in [6, 6.07) is 12.0. The van der Waals surface area contributed by atoms with Gasteiger partial charge in [-0.05, 0) is 61.9 Å². The Labute approximate surface area is 175 Å². The maximum Gasteiger partial charge on any atom is 0.387 e. The number of halogens is 2. The van der Waals surface area contributed by atoms with Crippen molar-refractivity contribution in [3.63, 3.8) is 0 Å². The highest BCUT2D eigenvalue weighted by molar-refractivity contribution is 5.97. The quantitative estimate of drug-likeness (QED) is 0.609. The van der Waals surface area contributed by atoms with Gasteiger partial charge in [-0.2, -0.15) is 8.78 Å². The number of hydrogen-bond donors (Lipinski definition) is 0. The number of carbonyl (C=O) groups excluding carboxylic acids is 1. The van der Waals surface area contributed by atoms with E-state index in [9.17, 15) is 13.6 Å². The van der Waals surface area contributed by atoms with Gasteiger partial charge in [0, 0.05) is 12.6 Å². The van der Waals surface area contributed by atoms with Crippen molar-refractivity contribution in [1.29, 1.82) is 0 Å². The summed E-state index contributed by atoms with van der Waals surface area (Å²) in [6.07, 6.45) is 4.37. The van der Waals surface area contributed by atoms with Crippen LogP contribution < -0.4 is 14.2 Å². The molecule has 1 aliphatic heterocycles. The number of piperidine rings is 1. The number of alkyl halides is 2. The molecule has 2 aromatic rings. The summed E-state index contributed by atoms with van der Waals surface area (Å²) < 4.78 is 40.7. The van der Waals surface area contributed by atoms with Gasteiger partial charge in [-0.1, -0.05) is 18.2 Å². The molecule has 5 nitrogen and oxygen atoms in total. The Morgan fingerprint density at radius 2 is 1.83 bits per heavy atom. The van der Waals surface area contributed by atoms with Gasteiger partial charge in [0.05, 0.1) is 19.8 Å². The van der Waals surface area contributed by atoms with Crippen LogP contribution >= 0.6 is 0 Å². The third kappa shape index (κ3) is 5.20. The molecule has 0 aliphatic carbocycles. The van der Waals surface area contributed by atoms with Crippen LogP contribution in [-0.4, -0.2) is 44.2 Å². The number of carbonyl (C=O) groups is 1. The number of amides is 1. The van der Waals surface area contributed by atoms with E-state index in [1.165, 1.54) is 6.07 Å². The maximum absolute atomic E-state index is 13.2. The van der Waals surface area contributed by atoms with Gasteiger partial charge < -0.3 is 19.1 Å². The summed E-state index contributed by atoms with van der Waals surface area (Å²) in [4.78, 5) is 15.0. The fourth-order valence-electron chi connectivity index (χ4n) is 3.93. The molecule has 1 amide bonds. The van der Waals surface area contributed by atoms with Gasteiger partial charge in [0.2, 0.25) is 0 Å². The van der Waals surface area contributed by atoms with Crippen molar-refractivity contribution < 1.29 is 27.8 Å². The molecule has 1 unspecified atom stereocenters. The van der Waals surface area contributed by atoms with E-state index >= 15 is 0 Å². The number of ether oxygens (including phenoxy) is 3. The fourth-order valence-corrected chi connectivity index (χ4v) is 3.93. The standard InChI is InChI=1S/C23H27F2NO4/c1-28-20-13-11-16(15-21(20)29-2)10-12-17-7-5-6-14-26(17)22(27)18-8-3-4-9-19(18)30-23(24)25/h3-4,8-9,11,13,15,17,23H,5-7,10,12,14H2,1-2H3. The van der Waals surface area contributed by atoms with Crippen molar-refractivity contribution in [3.8, 4) is 17.2 Å². The van der Waals surface area contributed by atoms with Crippen molar-refractivity contribution in [2.75, 3.05) is 20.8 Å². The first-order valence-corrected chi connectivity index (χ1v) is 10.1. The van der Waals surface area contributed by atoms with E-state index in [-0.39, 0.29) is 23.3 Å². The van der Waals surface area contributed by atoms with E-state index in [0.717, 1.165) is 37.7 Å². The second kappa shape index (κ2) is 10.3.